The van der Waals surface area contributed by atoms with Crippen molar-refractivity contribution >= 4 is 10.0 Å². The van der Waals surface area contributed by atoms with Gasteiger partial charge in [0.2, 0.25) is 0 Å². The molecule has 0 unspecified atom stereocenters. The number of aromatic nitrogens is 1. The molecule has 1 aromatic rings. The zero-order chi connectivity index (χ0) is 9.35. The summed E-state index contributed by atoms with van der Waals surface area (Å²) in [4.78, 5) is 3.49. The average Bonchev–Trinajstić information content (AvgIpc) is 1.83. The van der Waals surface area contributed by atoms with Crippen molar-refractivity contribution in [2.75, 3.05) is 0 Å². The number of nitrogens with zero attached hydrogens (tertiary/aromatic N) is 1. The highest BCUT2D eigenvalue weighted by Gasteiger charge is 2.12. The summed E-state index contributed by atoms with van der Waals surface area (Å²) in [6, 6.07) is 1.28. The van der Waals surface area contributed by atoms with E-state index >= 15 is 0 Å². The second-order valence-electron chi connectivity index (χ2n) is 2.36. The van der Waals surface area contributed by atoms with Crippen LogP contribution >= 0.6 is 0 Å². The normalized spacial score (nSPS) is 11.5. The predicted octanol–water partition coefficient (Wildman–Crippen LogP) is -0.257. The summed E-state index contributed by atoms with van der Waals surface area (Å²) in [7, 11) is -3.77. The highest BCUT2D eigenvalue weighted by molar-refractivity contribution is 7.89. The summed E-state index contributed by atoms with van der Waals surface area (Å²) in [5, 5.41) is 13.5. The Morgan fingerprint density at radius 2 is 2.17 bits per heavy atom. The molecule has 0 aliphatic rings. The van der Waals surface area contributed by atoms with E-state index in [0.717, 1.165) is 6.20 Å². The number of pyridine rings is 1. The van der Waals surface area contributed by atoms with Crippen molar-refractivity contribution in [2.45, 2.75) is 11.9 Å². The van der Waals surface area contributed by atoms with Gasteiger partial charge in [-0.25, -0.2) is 18.5 Å². The first kappa shape index (κ1) is 8.95. The molecule has 0 atom stereocenters. The van der Waals surface area contributed by atoms with Gasteiger partial charge in [0.25, 0.3) is 10.0 Å². The van der Waals surface area contributed by atoms with Crippen LogP contribution in [0.3, 0.4) is 0 Å². The molecule has 3 N–H and O–H groups in total. The molecule has 0 saturated heterocycles. The van der Waals surface area contributed by atoms with E-state index in [1.54, 1.807) is 0 Å². The van der Waals surface area contributed by atoms with E-state index in [-0.39, 0.29) is 10.8 Å². The maximum Gasteiger partial charge on any atom is 0.255 e. The lowest BCUT2D eigenvalue weighted by atomic mass is 10.3. The van der Waals surface area contributed by atoms with E-state index < -0.39 is 10.0 Å². The fraction of sp³-hybridized carbons (Fsp3) is 0.167. The number of rotatable bonds is 1. The van der Waals surface area contributed by atoms with E-state index in [1.807, 2.05) is 0 Å². The Balaban J connectivity index is 3.39. The molecule has 0 aromatic carbocycles. The molecule has 0 saturated carbocycles. The van der Waals surface area contributed by atoms with Gasteiger partial charge in [-0.05, 0) is 18.6 Å². The van der Waals surface area contributed by atoms with Gasteiger partial charge in [0.05, 0.1) is 6.20 Å². The van der Waals surface area contributed by atoms with E-state index in [2.05, 4.69) is 4.98 Å². The van der Waals surface area contributed by atoms with Crippen LogP contribution in [0.5, 0.6) is 5.75 Å². The van der Waals surface area contributed by atoms with Gasteiger partial charge in [0.1, 0.15) is 5.75 Å². The van der Waals surface area contributed by atoms with Crippen LogP contribution in [0.25, 0.3) is 0 Å². The summed E-state index contributed by atoms with van der Waals surface area (Å²) < 4.78 is 21.6. The summed E-state index contributed by atoms with van der Waals surface area (Å²) in [5.74, 6) is -0.0834. The molecule has 12 heavy (non-hydrogen) atoms. The predicted molar refractivity (Wildman–Crippen MR) is 42.0 cm³/mol. The molecule has 66 valence electrons. The minimum absolute atomic E-state index is 0.0834. The quantitative estimate of drug-likeness (QED) is 0.635. The maximum atomic E-state index is 10.8. The Morgan fingerprint density at radius 3 is 2.58 bits per heavy atom. The Hall–Kier alpha value is -1.14. The Bertz CT molecular complexity index is 399. The molecule has 5 nitrogen and oxygen atoms in total. The number of hydrogen-bond acceptors (Lipinski definition) is 4. The van der Waals surface area contributed by atoms with Gasteiger partial charge in [-0.3, -0.25) is 0 Å². The van der Waals surface area contributed by atoms with Gasteiger partial charge in [-0.2, -0.15) is 0 Å². The lowest BCUT2D eigenvalue weighted by Crippen LogP contribution is -2.15. The van der Waals surface area contributed by atoms with Crippen LogP contribution in [0.15, 0.2) is 17.3 Å². The molecule has 0 fully saturated rings. The van der Waals surface area contributed by atoms with Crippen molar-refractivity contribution in [1.82, 2.24) is 4.98 Å². The molecule has 1 aromatic heterocycles. The number of primary sulfonamides is 1. The molecule has 0 aliphatic heterocycles. The van der Waals surface area contributed by atoms with Gasteiger partial charge in [0, 0.05) is 0 Å². The molecule has 0 aliphatic carbocycles. The molecular weight excluding hydrogens is 180 g/mol. The lowest BCUT2D eigenvalue weighted by Gasteiger charge is -2.00. The number of sulfonamides is 1. The molecule has 0 amide bonds. The first-order valence-corrected chi connectivity index (χ1v) is 4.64. The zero-order valence-electron chi connectivity index (χ0n) is 6.35. The van der Waals surface area contributed by atoms with Crippen LogP contribution in [0.2, 0.25) is 0 Å². The fourth-order valence-electron chi connectivity index (χ4n) is 0.845. The van der Waals surface area contributed by atoms with E-state index in [1.165, 1.54) is 13.0 Å². The van der Waals surface area contributed by atoms with E-state index in [9.17, 15) is 8.42 Å². The van der Waals surface area contributed by atoms with Crippen molar-refractivity contribution in [3.05, 3.63) is 17.8 Å². The third-order valence-corrected chi connectivity index (χ3v) is 2.25. The van der Waals surface area contributed by atoms with Crippen LogP contribution in [0.4, 0.5) is 0 Å². The van der Waals surface area contributed by atoms with Crippen LogP contribution in [-0.2, 0) is 10.0 Å². The number of aryl methyl sites for hydroxylation is 1. The highest BCUT2D eigenvalue weighted by Crippen LogP contribution is 2.14. The van der Waals surface area contributed by atoms with Gasteiger partial charge < -0.3 is 5.11 Å². The van der Waals surface area contributed by atoms with Crippen LogP contribution in [-0.4, -0.2) is 18.5 Å². The Morgan fingerprint density at radius 1 is 1.58 bits per heavy atom. The van der Waals surface area contributed by atoms with Crippen molar-refractivity contribution < 1.29 is 13.5 Å². The highest BCUT2D eigenvalue weighted by atomic mass is 32.2. The molecule has 1 rings (SSSR count). The smallest absolute Gasteiger partial charge is 0.255 e. The van der Waals surface area contributed by atoms with E-state index in [4.69, 9.17) is 10.2 Å². The van der Waals surface area contributed by atoms with Gasteiger partial charge in [-0.1, -0.05) is 0 Å². The van der Waals surface area contributed by atoms with Gasteiger partial charge >= 0.3 is 0 Å². The number of hydrogen-bond donors (Lipinski definition) is 2. The number of nitrogens with two attached hydrogens (primary N) is 1. The molecule has 0 bridgehead atoms. The molecular formula is C6H8N2O3S. The largest absolute Gasteiger partial charge is 0.506 e. The molecule has 1 heterocycles. The summed E-state index contributed by atoms with van der Waals surface area (Å²) in [6.45, 7) is 1.51. The molecule has 6 heteroatoms. The Kier molecular flexibility index (Phi) is 2.03. The van der Waals surface area contributed by atoms with Crippen LogP contribution in [0.1, 0.15) is 5.56 Å². The summed E-state index contributed by atoms with van der Waals surface area (Å²) in [6.07, 6.45) is 1.03. The minimum Gasteiger partial charge on any atom is -0.506 e. The third kappa shape index (κ3) is 1.72. The van der Waals surface area contributed by atoms with Crippen molar-refractivity contribution in [3.63, 3.8) is 0 Å². The second-order valence-corrected chi connectivity index (χ2v) is 3.84. The second kappa shape index (κ2) is 2.72. The Labute approximate surface area is 69.9 Å². The standard InChI is InChI=1S/C6H8N2O3S/c1-4-2-5(9)3-8-6(4)12(7,10)11/h2-3,9H,1H3,(H2,7,10,11). The first-order chi connectivity index (χ1) is 5.41. The maximum absolute atomic E-state index is 10.8. The fourth-order valence-corrected chi connectivity index (χ4v) is 1.55. The molecule has 0 spiro atoms. The minimum atomic E-state index is -3.77. The van der Waals surface area contributed by atoms with Gasteiger partial charge in [0.15, 0.2) is 5.03 Å². The number of aromatic hydroxyl groups is 1. The van der Waals surface area contributed by atoms with Crippen molar-refractivity contribution in [2.24, 2.45) is 5.14 Å². The monoisotopic (exact) mass is 188 g/mol. The third-order valence-electron chi connectivity index (χ3n) is 1.29. The van der Waals surface area contributed by atoms with Crippen molar-refractivity contribution in [1.29, 1.82) is 0 Å². The zero-order valence-corrected chi connectivity index (χ0v) is 7.17. The summed E-state index contributed by atoms with van der Waals surface area (Å²) >= 11 is 0. The van der Waals surface area contributed by atoms with E-state index in [0.29, 0.717) is 5.56 Å². The average molecular weight is 188 g/mol. The first-order valence-electron chi connectivity index (χ1n) is 3.09. The van der Waals surface area contributed by atoms with Crippen LogP contribution in [0, 0.1) is 6.92 Å². The SMILES string of the molecule is Cc1cc(O)cnc1S(N)(=O)=O. The van der Waals surface area contributed by atoms with Crippen LogP contribution < -0.4 is 5.14 Å². The van der Waals surface area contributed by atoms with Gasteiger partial charge in [-0.15, -0.1) is 0 Å². The lowest BCUT2D eigenvalue weighted by molar-refractivity contribution is 0.470. The summed E-state index contributed by atoms with van der Waals surface area (Å²) in [5.41, 5.74) is 0.331. The van der Waals surface area contributed by atoms with Crippen molar-refractivity contribution in [3.8, 4) is 5.75 Å². The topological polar surface area (TPSA) is 93.3 Å². The molecule has 0 radical (unpaired) electrons.